The quantitative estimate of drug-likeness (QED) is 0.786. The molecule has 4 rings (SSSR count). The molecular weight excluding hydrogens is 322 g/mol. The van der Waals surface area contributed by atoms with Crippen LogP contribution in [0.3, 0.4) is 0 Å². The van der Waals surface area contributed by atoms with Gasteiger partial charge in [-0.3, -0.25) is 0 Å². The van der Waals surface area contributed by atoms with Crippen LogP contribution >= 0.6 is 0 Å². The zero-order chi connectivity index (χ0) is 17.8. The molecule has 1 aliphatic rings. The van der Waals surface area contributed by atoms with E-state index in [1.54, 1.807) is 12.3 Å². The number of nitrogens with zero attached hydrogens (tertiary/aromatic N) is 4. The first kappa shape index (κ1) is 16.1. The molecule has 1 N–H and O–H groups in total. The molecule has 0 fully saturated rings. The van der Waals surface area contributed by atoms with Crippen molar-refractivity contribution in [3.8, 4) is 6.07 Å². The number of fused-ring (bicyclic) bond motifs is 1. The lowest BCUT2D eigenvalue weighted by Gasteiger charge is -2.29. The van der Waals surface area contributed by atoms with Gasteiger partial charge in [0.2, 0.25) is 0 Å². The second-order valence-corrected chi connectivity index (χ2v) is 6.36. The number of anilines is 2. The molecule has 0 bridgehead atoms. The fraction of sp³-hybridized carbons (Fsp3) is 0.190. The van der Waals surface area contributed by atoms with E-state index >= 15 is 0 Å². The molecule has 0 atom stereocenters. The zero-order valence-electron chi connectivity index (χ0n) is 14.4. The fourth-order valence-corrected chi connectivity index (χ4v) is 3.16. The number of nitrogens with one attached hydrogen (secondary N) is 1. The molecule has 26 heavy (non-hydrogen) atoms. The molecule has 1 aliphatic heterocycles. The second-order valence-electron chi connectivity index (χ2n) is 6.36. The first-order chi connectivity index (χ1) is 12.8. The van der Waals surface area contributed by atoms with Crippen LogP contribution in [0.25, 0.3) is 0 Å². The molecule has 0 amide bonds. The Kier molecular flexibility index (Phi) is 4.48. The zero-order valence-corrected chi connectivity index (χ0v) is 14.4. The van der Waals surface area contributed by atoms with Gasteiger partial charge in [0.15, 0.2) is 0 Å². The third-order valence-corrected chi connectivity index (χ3v) is 4.63. The average molecular weight is 341 g/mol. The molecule has 5 nitrogen and oxygen atoms in total. The minimum absolute atomic E-state index is 0.560. The van der Waals surface area contributed by atoms with Crippen molar-refractivity contribution in [2.24, 2.45) is 0 Å². The van der Waals surface area contributed by atoms with Crippen molar-refractivity contribution in [2.75, 3.05) is 16.8 Å². The van der Waals surface area contributed by atoms with Crippen LogP contribution in [0, 0.1) is 11.3 Å². The highest BCUT2D eigenvalue weighted by Crippen LogP contribution is 2.23. The van der Waals surface area contributed by atoms with Crippen LogP contribution < -0.4 is 10.2 Å². The summed E-state index contributed by atoms with van der Waals surface area (Å²) in [5, 5.41) is 12.1. The van der Waals surface area contributed by atoms with Crippen LogP contribution in [0.15, 0.2) is 60.9 Å². The molecule has 0 saturated heterocycles. The molecule has 128 valence electrons. The minimum Gasteiger partial charge on any atom is -0.366 e. The number of rotatable bonds is 4. The second kappa shape index (κ2) is 7.24. The molecule has 3 aromatic rings. The van der Waals surface area contributed by atoms with E-state index in [-0.39, 0.29) is 0 Å². The maximum absolute atomic E-state index is 8.80. The minimum atomic E-state index is 0.560. The number of aromatic nitrogens is 2. The summed E-state index contributed by atoms with van der Waals surface area (Å²) in [4.78, 5) is 11.2. The Balaban J connectivity index is 1.38. The molecular formula is C21H19N5. The molecule has 0 aliphatic carbocycles. The number of hydrogen-bond donors (Lipinski definition) is 1. The summed E-state index contributed by atoms with van der Waals surface area (Å²) in [5.41, 5.74) is 4.49. The van der Waals surface area contributed by atoms with E-state index in [0.717, 1.165) is 36.7 Å². The van der Waals surface area contributed by atoms with Gasteiger partial charge in [0.25, 0.3) is 0 Å². The van der Waals surface area contributed by atoms with Gasteiger partial charge in [-0.05, 0) is 41.3 Å². The van der Waals surface area contributed by atoms with E-state index in [2.05, 4.69) is 62.7 Å². The topological polar surface area (TPSA) is 64.8 Å². The van der Waals surface area contributed by atoms with E-state index in [1.165, 1.54) is 11.1 Å². The molecule has 5 heteroatoms. The van der Waals surface area contributed by atoms with Crippen LogP contribution in [-0.4, -0.2) is 16.5 Å². The van der Waals surface area contributed by atoms with Crippen LogP contribution in [0.5, 0.6) is 0 Å². The van der Waals surface area contributed by atoms with E-state index < -0.39 is 0 Å². The highest BCUT2D eigenvalue weighted by Gasteiger charge is 2.16. The van der Waals surface area contributed by atoms with Gasteiger partial charge in [0.05, 0.1) is 5.56 Å². The third-order valence-electron chi connectivity index (χ3n) is 4.63. The summed E-state index contributed by atoms with van der Waals surface area (Å²) in [6.07, 6.45) is 4.54. The Morgan fingerprint density at radius 2 is 1.88 bits per heavy atom. The Labute approximate surface area is 153 Å². The smallest absolute Gasteiger partial charge is 0.128 e. The lowest BCUT2D eigenvalue weighted by atomic mass is 10.00. The van der Waals surface area contributed by atoms with E-state index in [1.807, 2.05) is 12.3 Å². The molecule has 0 saturated carbocycles. The van der Waals surface area contributed by atoms with Crippen LogP contribution in [-0.2, 0) is 19.5 Å². The number of hydrogen-bond acceptors (Lipinski definition) is 5. The molecule has 0 unspecified atom stereocenters. The third kappa shape index (κ3) is 3.50. The van der Waals surface area contributed by atoms with Gasteiger partial charge >= 0.3 is 0 Å². The van der Waals surface area contributed by atoms with Crippen molar-refractivity contribution in [1.82, 2.24) is 9.97 Å². The molecule has 3 heterocycles. The summed E-state index contributed by atoms with van der Waals surface area (Å²) in [5.74, 6) is 1.76. The van der Waals surface area contributed by atoms with Crippen LogP contribution in [0.2, 0.25) is 0 Å². The Hall–Kier alpha value is -3.39. The molecule has 1 aromatic carbocycles. The van der Waals surface area contributed by atoms with Gasteiger partial charge in [0.1, 0.15) is 17.7 Å². The van der Waals surface area contributed by atoms with E-state index in [0.29, 0.717) is 12.1 Å². The highest BCUT2D eigenvalue weighted by atomic mass is 15.2. The van der Waals surface area contributed by atoms with Crippen molar-refractivity contribution < 1.29 is 0 Å². The number of benzene rings is 1. The first-order valence-electron chi connectivity index (χ1n) is 8.68. The average Bonchev–Trinajstić information content (AvgIpc) is 2.72. The Morgan fingerprint density at radius 3 is 2.62 bits per heavy atom. The molecule has 0 spiro atoms. The summed E-state index contributed by atoms with van der Waals surface area (Å²) >= 11 is 0. The first-order valence-corrected chi connectivity index (χ1v) is 8.68. The SMILES string of the molecule is N#Cc1ccc(NCc2ccc(N3CCc4ccccc4C3)nc2)nc1. The van der Waals surface area contributed by atoms with Gasteiger partial charge in [-0.25, -0.2) is 9.97 Å². The Morgan fingerprint density at radius 1 is 1.00 bits per heavy atom. The predicted octanol–water partition coefficient (Wildman–Crippen LogP) is 3.52. The van der Waals surface area contributed by atoms with Crippen molar-refractivity contribution in [2.45, 2.75) is 19.5 Å². The highest BCUT2D eigenvalue weighted by molar-refractivity contribution is 5.45. The summed E-state index contributed by atoms with van der Waals surface area (Å²) in [7, 11) is 0. The van der Waals surface area contributed by atoms with Gasteiger partial charge in [0, 0.05) is 32.0 Å². The van der Waals surface area contributed by atoms with Gasteiger partial charge in [-0.1, -0.05) is 30.3 Å². The van der Waals surface area contributed by atoms with Crippen molar-refractivity contribution in [1.29, 1.82) is 5.26 Å². The fourth-order valence-electron chi connectivity index (χ4n) is 3.16. The predicted molar refractivity (Wildman–Crippen MR) is 102 cm³/mol. The summed E-state index contributed by atoms with van der Waals surface area (Å²) in [6.45, 7) is 2.56. The number of pyridine rings is 2. The van der Waals surface area contributed by atoms with Crippen molar-refractivity contribution >= 4 is 11.6 Å². The maximum Gasteiger partial charge on any atom is 0.128 e. The molecule has 0 radical (unpaired) electrons. The van der Waals surface area contributed by atoms with Crippen molar-refractivity contribution in [3.05, 3.63) is 83.2 Å². The Bertz CT molecular complexity index is 926. The monoisotopic (exact) mass is 341 g/mol. The standard InChI is InChI=1S/C21H19N5/c22-11-16-5-7-20(23-12-16)24-13-17-6-8-21(25-14-17)26-10-9-18-3-1-2-4-19(18)15-26/h1-8,12,14H,9-10,13,15H2,(H,23,24). The lowest BCUT2D eigenvalue weighted by molar-refractivity contribution is 0.720. The van der Waals surface area contributed by atoms with E-state index in [4.69, 9.17) is 5.26 Å². The molecule has 2 aromatic heterocycles. The largest absolute Gasteiger partial charge is 0.366 e. The summed E-state index contributed by atoms with van der Waals surface area (Å²) in [6, 6.07) is 18.4. The van der Waals surface area contributed by atoms with Gasteiger partial charge in [-0.2, -0.15) is 5.26 Å². The normalized spacial score (nSPS) is 13.0. The maximum atomic E-state index is 8.80. The van der Waals surface area contributed by atoms with E-state index in [9.17, 15) is 0 Å². The lowest BCUT2D eigenvalue weighted by Crippen LogP contribution is -2.30. The number of nitriles is 1. The van der Waals surface area contributed by atoms with Gasteiger partial charge < -0.3 is 10.2 Å². The van der Waals surface area contributed by atoms with Crippen LogP contribution in [0.1, 0.15) is 22.3 Å². The van der Waals surface area contributed by atoms with Crippen molar-refractivity contribution in [3.63, 3.8) is 0 Å². The van der Waals surface area contributed by atoms with Crippen LogP contribution in [0.4, 0.5) is 11.6 Å². The summed E-state index contributed by atoms with van der Waals surface area (Å²) < 4.78 is 0. The van der Waals surface area contributed by atoms with Gasteiger partial charge in [-0.15, -0.1) is 0 Å².